The van der Waals surface area contributed by atoms with Crippen molar-refractivity contribution in [1.29, 1.82) is 0 Å². The van der Waals surface area contributed by atoms with Crippen molar-refractivity contribution in [2.45, 2.75) is 149 Å². The second-order valence-corrected chi connectivity index (χ2v) is 18.0. The van der Waals surface area contributed by atoms with Crippen molar-refractivity contribution in [2.75, 3.05) is 6.61 Å². The molecule has 14 atom stereocenters. The molecular weight excluding hydrogens is 576 g/mol. The summed E-state index contributed by atoms with van der Waals surface area (Å²) in [4.78, 5) is 14.4. The quantitative estimate of drug-likeness (QED) is 0.202. The van der Waals surface area contributed by atoms with E-state index in [1.165, 1.54) is 5.57 Å². The summed E-state index contributed by atoms with van der Waals surface area (Å²) in [5.74, 6) is -0.157. The van der Waals surface area contributed by atoms with Crippen molar-refractivity contribution in [3.05, 3.63) is 11.6 Å². The second-order valence-electron chi connectivity index (χ2n) is 18.0. The molecule has 1 aliphatic heterocycles. The van der Waals surface area contributed by atoms with Crippen LogP contribution in [-0.4, -0.2) is 86.1 Å². The topological polar surface area (TPSA) is 157 Å². The van der Waals surface area contributed by atoms with Gasteiger partial charge in [-0.2, -0.15) is 0 Å². The largest absolute Gasteiger partial charge is 0.432 e. The minimum absolute atomic E-state index is 0.0497. The van der Waals surface area contributed by atoms with E-state index in [1.54, 1.807) is 0 Å². The smallest absolute Gasteiger partial charge is 0.317 e. The third-order valence-corrected chi connectivity index (χ3v) is 15.1. The molecule has 6 N–H and O–H groups in total. The normalized spacial score (nSPS) is 53.6. The van der Waals surface area contributed by atoms with E-state index in [0.717, 1.165) is 32.1 Å². The Kier molecular flexibility index (Phi) is 8.05. The third kappa shape index (κ3) is 4.54. The van der Waals surface area contributed by atoms with E-state index < -0.39 is 54.8 Å². The van der Waals surface area contributed by atoms with Crippen LogP contribution in [0.15, 0.2) is 11.6 Å². The fourth-order valence-electron chi connectivity index (χ4n) is 12.1. The summed E-state index contributed by atoms with van der Waals surface area (Å²) in [6.45, 7) is 15.5. The summed E-state index contributed by atoms with van der Waals surface area (Å²) in [5, 5.41) is 64.3. The van der Waals surface area contributed by atoms with Gasteiger partial charge in [0.05, 0.1) is 18.8 Å². The van der Waals surface area contributed by atoms with Crippen LogP contribution < -0.4 is 0 Å². The number of esters is 1. The Balaban J connectivity index is 1.38. The zero-order chi connectivity index (χ0) is 33.1. The Hall–Kier alpha value is -1.07. The standard InChI is InChI=1S/C36H58O9/c1-31(2)14-15-36(30(43)45-29-28(42)27(41)26(40)21(18-37)44-29)20(16-31)19-8-9-23-33(5)12-11-24(38)32(3,4)22(33)10-13-34(23,6)35(19,7)17-25(36)39/h8,20-29,37-42H,9-18H2,1-7H3/t20-,21-,22-,23+,24-,25+,26-,27+,28-,29+,33-,34+,35+,36+/m0/s1. The highest BCUT2D eigenvalue weighted by molar-refractivity contribution is 5.80. The lowest BCUT2D eigenvalue weighted by Crippen LogP contribution is -2.68. The first-order valence-corrected chi connectivity index (χ1v) is 17.4. The maximum Gasteiger partial charge on any atom is 0.317 e. The molecule has 256 valence electrons. The van der Waals surface area contributed by atoms with Crippen molar-refractivity contribution in [3.8, 4) is 0 Å². The molecule has 5 aliphatic carbocycles. The average Bonchev–Trinajstić information content (AvgIpc) is 2.95. The summed E-state index contributed by atoms with van der Waals surface area (Å²) in [6, 6.07) is 0. The molecule has 0 aromatic heterocycles. The first-order chi connectivity index (χ1) is 20.8. The van der Waals surface area contributed by atoms with Gasteiger partial charge in [0.15, 0.2) is 0 Å². The minimum Gasteiger partial charge on any atom is -0.432 e. The van der Waals surface area contributed by atoms with Crippen molar-refractivity contribution >= 4 is 5.97 Å². The molecule has 45 heavy (non-hydrogen) atoms. The summed E-state index contributed by atoms with van der Waals surface area (Å²) < 4.78 is 11.4. The molecule has 9 heteroatoms. The number of hydrogen-bond acceptors (Lipinski definition) is 9. The van der Waals surface area contributed by atoms with Crippen LogP contribution >= 0.6 is 0 Å². The molecular formula is C36H58O9. The molecule has 9 nitrogen and oxygen atoms in total. The summed E-state index contributed by atoms with van der Waals surface area (Å²) >= 11 is 0. The van der Waals surface area contributed by atoms with E-state index in [9.17, 15) is 35.4 Å². The highest BCUT2D eigenvalue weighted by atomic mass is 16.7. The molecule has 0 spiro atoms. The Labute approximate surface area is 268 Å². The number of aliphatic hydroxyl groups excluding tert-OH is 6. The van der Waals surface area contributed by atoms with E-state index in [-0.39, 0.29) is 39.1 Å². The molecule has 0 aromatic carbocycles. The number of carbonyl (C=O) groups is 1. The number of rotatable bonds is 3. The maximum atomic E-state index is 14.4. The number of hydrogen-bond donors (Lipinski definition) is 6. The second kappa shape index (κ2) is 10.7. The molecule has 6 aliphatic rings. The zero-order valence-electron chi connectivity index (χ0n) is 28.3. The van der Waals surface area contributed by atoms with Gasteiger partial charge in [0.1, 0.15) is 29.8 Å². The first kappa shape index (κ1) is 33.8. The van der Waals surface area contributed by atoms with Crippen LogP contribution in [0.2, 0.25) is 0 Å². The number of allylic oxidation sites excluding steroid dienone is 2. The van der Waals surface area contributed by atoms with E-state index in [0.29, 0.717) is 37.5 Å². The van der Waals surface area contributed by atoms with Gasteiger partial charge < -0.3 is 40.1 Å². The lowest BCUT2D eigenvalue weighted by molar-refractivity contribution is -0.299. The molecule has 6 rings (SSSR count). The van der Waals surface area contributed by atoms with Crippen LogP contribution in [0.4, 0.5) is 0 Å². The first-order valence-electron chi connectivity index (χ1n) is 17.4. The van der Waals surface area contributed by atoms with Crippen LogP contribution in [-0.2, 0) is 14.3 Å². The Morgan fingerprint density at radius 1 is 0.844 bits per heavy atom. The SMILES string of the molecule is CC1(C)CC[C@]2(C(=O)O[C@H]3O[C@@H](CO)[C@H](O)[C@@H](O)[C@@H]3O)[C@H](O)C[C@]3(C)C(=CC[C@@H]4[C@@]5(C)CC[C@H](O)C(C)(C)[C@@H]5CC[C@]43C)[C@@H]2C1. The number of aliphatic hydroxyl groups is 6. The maximum absolute atomic E-state index is 14.4. The number of carbonyl (C=O) groups excluding carboxylic acids is 1. The molecule has 0 radical (unpaired) electrons. The number of ether oxygens (including phenoxy) is 2. The average molecular weight is 635 g/mol. The Morgan fingerprint density at radius 2 is 1.53 bits per heavy atom. The predicted octanol–water partition coefficient (Wildman–Crippen LogP) is 3.46. The van der Waals surface area contributed by atoms with Crippen LogP contribution in [0, 0.1) is 50.2 Å². The van der Waals surface area contributed by atoms with Crippen molar-refractivity contribution in [1.82, 2.24) is 0 Å². The fourth-order valence-corrected chi connectivity index (χ4v) is 12.1. The van der Waals surface area contributed by atoms with Gasteiger partial charge in [0.2, 0.25) is 6.29 Å². The Bertz CT molecular complexity index is 1210. The lowest BCUT2D eigenvalue weighted by atomic mass is 9.33. The van der Waals surface area contributed by atoms with Crippen LogP contribution in [0.3, 0.4) is 0 Å². The molecule has 0 bridgehead atoms. The van der Waals surface area contributed by atoms with Crippen LogP contribution in [0.25, 0.3) is 0 Å². The third-order valence-electron chi connectivity index (χ3n) is 15.1. The van der Waals surface area contributed by atoms with Crippen molar-refractivity contribution in [3.63, 3.8) is 0 Å². The summed E-state index contributed by atoms with van der Waals surface area (Å²) in [5.41, 5.74) is -0.661. The summed E-state index contributed by atoms with van der Waals surface area (Å²) in [7, 11) is 0. The fraction of sp³-hybridized carbons (Fsp3) is 0.917. The van der Waals surface area contributed by atoms with E-state index in [4.69, 9.17) is 9.47 Å². The molecule has 5 fully saturated rings. The minimum atomic E-state index is -1.70. The Morgan fingerprint density at radius 3 is 2.20 bits per heavy atom. The van der Waals surface area contributed by atoms with Gasteiger partial charge >= 0.3 is 5.97 Å². The van der Waals surface area contributed by atoms with Gasteiger partial charge in [-0.3, -0.25) is 4.79 Å². The van der Waals surface area contributed by atoms with Gasteiger partial charge in [0.25, 0.3) is 0 Å². The van der Waals surface area contributed by atoms with Crippen LogP contribution in [0.1, 0.15) is 106 Å². The van der Waals surface area contributed by atoms with E-state index >= 15 is 0 Å². The molecule has 1 heterocycles. The highest BCUT2D eigenvalue weighted by Gasteiger charge is 2.71. The molecule has 1 saturated heterocycles. The van der Waals surface area contributed by atoms with Gasteiger partial charge in [-0.05, 0) is 103 Å². The van der Waals surface area contributed by atoms with Crippen molar-refractivity contribution < 1.29 is 44.9 Å². The molecule has 4 saturated carbocycles. The van der Waals surface area contributed by atoms with E-state index in [2.05, 4.69) is 54.5 Å². The zero-order valence-corrected chi connectivity index (χ0v) is 28.3. The van der Waals surface area contributed by atoms with Gasteiger partial charge in [0, 0.05) is 0 Å². The highest BCUT2D eigenvalue weighted by Crippen LogP contribution is 2.75. The molecule has 0 unspecified atom stereocenters. The van der Waals surface area contributed by atoms with Crippen LogP contribution in [0.5, 0.6) is 0 Å². The van der Waals surface area contributed by atoms with Gasteiger partial charge in [-0.1, -0.05) is 60.1 Å². The summed E-state index contributed by atoms with van der Waals surface area (Å²) in [6.07, 6.45) is 0.341. The lowest BCUT2D eigenvalue weighted by Gasteiger charge is -2.71. The van der Waals surface area contributed by atoms with E-state index in [1.807, 2.05) is 0 Å². The van der Waals surface area contributed by atoms with Gasteiger partial charge in [-0.25, -0.2) is 0 Å². The van der Waals surface area contributed by atoms with Crippen molar-refractivity contribution in [2.24, 2.45) is 50.2 Å². The monoisotopic (exact) mass is 634 g/mol. The van der Waals surface area contributed by atoms with Gasteiger partial charge in [-0.15, -0.1) is 0 Å². The predicted molar refractivity (Wildman–Crippen MR) is 166 cm³/mol. The molecule has 0 amide bonds. The number of fused-ring (bicyclic) bond motifs is 7. The molecule has 0 aromatic rings.